The Hall–Kier alpha value is -2.14. The molecule has 0 aliphatic rings. The summed E-state index contributed by atoms with van der Waals surface area (Å²) in [6.45, 7) is 0.308. The lowest BCUT2D eigenvalue weighted by molar-refractivity contribution is 0.397. The Morgan fingerprint density at radius 2 is 2.24 bits per heavy atom. The van der Waals surface area contributed by atoms with E-state index < -0.39 is 0 Å². The molecule has 0 aliphatic carbocycles. The molecular weight excluding hydrogens is 218 g/mol. The van der Waals surface area contributed by atoms with Crippen LogP contribution in [0.5, 0.6) is 11.6 Å². The van der Waals surface area contributed by atoms with Crippen molar-refractivity contribution in [2.75, 3.05) is 7.11 Å². The largest absolute Gasteiger partial charge is 0.508 e. The Labute approximate surface area is 98.9 Å². The molecule has 0 fully saturated rings. The van der Waals surface area contributed by atoms with E-state index in [1.807, 2.05) is 6.07 Å². The molecule has 1 aromatic heterocycles. The minimum Gasteiger partial charge on any atom is -0.508 e. The number of nitrogens with zero attached hydrogens (tertiary/aromatic N) is 2. The van der Waals surface area contributed by atoms with E-state index in [-0.39, 0.29) is 5.75 Å². The molecule has 1 heterocycles. The highest BCUT2D eigenvalue weighted by molar-refractivity contribution is 5.65. The Balaban J connectivity index is 2.56. The van der Waals surface area contributed by atoms with Crippen molar-refractivity contribution in [2.24, 2.45) is 5.73 Å². The van der Waals surface area contributed by atoms with Crippen LogP contribution in [0.25, 0.3) is 11.3 Å². The van der Waals surface area contributed by atoms with Gasteiger partial charge in [-0.15, -0.1) is 0 Å². The fourth-order valence-corrected chi connectivity index (χ4v) is 1.50. The summed E-state index contributed by atoms with van der Waals surface area (Å²) in [5.74, 6) is 0.581. The normalized spacial score (nSPS) is 10.2. The van der Waals surface area contributed by atoms with Crippen LogP contribution in [-0.2, 0) is 6.54 Å². The third kappa shape index (κ3) is 2.34. The minimum absolute atomic E-state index is 0.171. The van der Waals surface area contributed by atoms with Crippen molar-refractivity contribution in [2.45, 2.75) is 6.54 Å². The van der Waals surface area contributed by atoms with Gasteiger partial charge in [-0.3, -0.25) is 0 Å². The summed E-state index contributed by atoms with van der Waals surface area (Å²) >= 11 is 0. The molecule has 5 heteroatoms. The standard InChI is InChI=1S/C12H13N3O2/c1-17-12-11(15-9(6-13)7-14-12)8-3-2-4-10(16)5-8/h2-5,7,16H,6,13H2,1H3. The maximum atomic E-state index is 9.45. The first-order chi connectivity index (χ1) is 8.24. The van der Waals surface area contributed by atoms with E-state index in [2.05, 4.69) is 9.97 Å². The Kier molecular flexibility index (Phi) is 3.20. The number of methoxy groups -OCH3 is 1. The number of hydrogen-bond acceptors (Lipinski definition) is 5. The third-order valence-electron chi connectivity index (χ3n) is 2.31. The minimum atomic E-state index is 0.171. The van der Waals surface area contributed by atoms with Gasteiger partial charge in [0.05, 0.1) is 19.0 Å². The number of aromatic nitrogens is 2. The zero-order valence-corrected chi connectivity index (χ0v) is 9.42. The maximum Gasteiger partial charge on any atom is 0.240 e. The topological polar surface area (TPSA) is 81.3 Å². The molecule has 2 rings (SSSR count). The lowest BCUT2D eigenvalue weighted by Gasteiger charge is -2.08. The first kappa shape index (κ1) is 11.3. The highest BCUT2D eigenvalue weighted by Crippen LogP contribution is 2.28. The van der Waals surface area contributed by atoms with Gasteiger partial charge >= 0.3 is 0 Å². The van der Waals surface area contributed by atoms with Gasteiger partial charge in [-0.1, -0.05) is 12.1 Å². The van der Waals surface area contributed by atoms with E-state index >= 15 is 0 Å². The molecule has 0 radical (unpaired) electrons. The summed E-state index contributed by atoms with van der Waals surface area (Å²) in [5, 5.41) is 9.45. The molecule has 0 aliphatic heterocycles. The monoisotopic (exact) mass is 231 g/mol. The van der Waals surface area contributed by atoms with E-state index in [1.54, 1.807) is 24.4 Å². The second kappa shape index (κ2) is 4.80. The number of hydrogen-bond donors (Lipinski definition) is 2. The zero-order chi connectivity index (χ0) is 12.3. The van der Waals surface area contributed by atoms with Crippen molar-refractivity contribution in [1.29, 1.82) is 0 Å². The molecule has 2 aromatic rings. The van der Waals surface area contributed by atoms with Crippen LogP contribution in [0, 0.1) is 0 Å². The highest BCUT2D eigenvalue weighted by Gasteiger charge is 2.10. The van der Waals surface area contributed by atoms with Gasteiger partial charge in [0.1, 0.15) is 11.4 Å². The van der Waals surface area contributed by atoms with Gasteiger partial charge in [-0.25, -0.2) is 9.97 Å². The maximum absolute atomic E-state index is 9.45. The first-order valence-corrected chi connectivity index (χ1v) is 5.14. The van der Waals surface area contributed by atoms with Gasteiger partial charge in [0, 0.05) is 12.1 Å². The SMILES string of the molecule is COc1ncc(CN)nc1-c1cccc(O)c1. The van der Waals surface area contributed by atoms with Crippen molar-refractivity contribution < 1.29 is 9.84 Å². The number of phenolic OH excluding ortho intramolecular Hbond substituents is 1. The van der Waals surface area contributed by atoms with E-state index in [9.17, 15) is 5.11 Å². The highest BCUT2D eigenvalue weighted by atomic mass is 16.5. The second-order valence-corrected chi connectivity index (χ2v) is 3.47. The van der Waals surface area contributed by atoms with Crippen molar-refractivity contribution in [3.8, 4) is 22.9 Å². The fourth-order valence-electron chi connectivity index (χ4n) is 1.50. The van der Waals surface area contributed by atoms with Crippen molar-refractivity contribution in [1.82, 2.24) is 9.97 Å². The van der Waals surface area contributed by atoms with Crippen molar-refractivity contribution in [3.05, 3.63) is 36.2 Å². The smallest absolute Gasteiger partial charge is 0.240 e. The summed E-state index contributed by atoms with van der Waals surface area (Å²) in [6.07, 6.45) is 1.57. The molecule has 0 amide bonds. The molecule has 17 heavy (non-hydrogen) atoms. The Morgan fingerprint density at radius 3 is 2.88 bits per heavy atom. The summed E-state index contributed by atoms with van der Waals surface area (Å²) in [6, 6.07) is 6.76. The Bertz CT molecular complexity index is 529. The summed E-state index contributed by atoms with van der Waals surface area (Å²) in [4.78, 5) is 8.48. The van der Waals surface area contributed by atoms with Crippen LogP contribution in [0.4, 0.5) is 0 Å². The number of ether oxygens (including phenoxy) is 1. The fraction of sp³-hybridized carbons (Fsp3) is 0.167. The molecule has 3 N–H and O–H groups in total. The number of rotatable bonds is 3. The van der Waals surface area contributed by atoms with Gasteiger partial charge in [-0.2, -0.15) is 0 Å². The lowest BCUT2D eigenvalue weighted by atomic mass is 10.1. The molecule has 0 saturated heterocycles. The van der Waals surface area contributed by atoms with Crippen LogP contribution >= 0.6 is 0 Å². The van der Waals surface area contributed by atoms with E-state index in [0.29, 0.717) is 23.8 Å². The Morgan fingerprint density at radius 1 is 1.41 bits per heavy atom. The van der Waals surface area contributed by atoms with Crippen LogP contribution in [-0.4, -0.2) is 22.2 Å². The van der Waals surface area contributed by atoms with Crippen molar-refractivity contribution >= 4 is 0 Å². The molecule has 5 nitrogen and oxygen atoms in total. The van der Waals surface area contributed by atoms with Gasteiger partial charge < -0.3 is 15.6 Å². The molecule has 0 bridgehead atoms. The van der Waals surface area contributed by atoms with Gasteiger partial charge in [-0.05, 0) is 12.1 Å². The third-order valence-corrected chi connectivity index (χ3v) is 2.31. The molecule has 0 unspecified atom stereocenters. The lowest BCUT2D eigenvalue weighted by Crippen LogP contribution is -2.03. The average Bonchev–Trinajstić information content (AvgIpc) is 2.38. The zero-order valence-electron chi connectivity index (χ0n) is 9.42. The van der Waals surface area contributed by atoms with Crippen LogP contribution in [0.2, 0.25) is 0 Å². The molecule has 88 valence electrons. The molecule has 0 atom stereocenters. The molecule has 0 saturated carbocycles. The predicted molar refractivity (Wildman–Crippen MR) is 63.6 cm³/mol. The van der Waals surface area contributed by atoms with Crippen LogP contribution in [0.15, 0.2) is 30.5 Å². The summed E-state index contributed by atoms with van der Waals surface area (Å²) < 4.78 is 5.14. The van der Waals surface area contributed by atoms with Gasteiger partial charge in [0.15, 0.2) is 0 Å². The van der Waals surface area contributed by atoms with E-state index in [0.717, 1.165) is 5.56 Å². The predicted octanol–water partition coefficient (Wildman–Crippen LogP) is 1.32. The van der Waals surface area contributed by atoms with E-state index in [1.165, 1.54) is 7.11 Å². The number of nitrogens with two attached hydrogens (primary N) is 1. The van der Waals surface area contributed by atoms with Gasteiger partial charge in [0.25, 0.3) is 0 Å². The average molecular weight is 231 g/mol. The van der Waals surface area contributed by atoms with Crippen molar-refractivity contribution in [3.63, 3.8) is 0 Å². The molecule has 0 spiro atoms. The van der Waals surface area contributed by atoms with E-state index in [4.69, 9.17) is 10.5 Å². The number of benzene rings is 1. The summed E-state index contributed by atoms with van der Waals surface area (Å²) in [5.41, 5.74) is 7.51. The molecule has 1 aromatic carbocycles. The van der Waals surface area contributed by atoms with Gasteiger partial charge in [0.2, 0.25) is 5.88 Å². The van der Waals surface area contributed by atoms with Crippen LogP contribution in [0.3, 0.4) is 0 Å². The second-order valence-electron chi connectivity index (χ2n) is 3.47. The number of phenols is 1. The summed E-state index contributed by atoms with van der Waals surface area (Å²) in [7, 11) is 1.53. The number of aromatic hydroxyl groups is 1. The van der Waals surface area contributed by atoms with Crippen LogP contribution < -0.4 is 10.5 Å². The van der Waals surface area contributed by atoms with Crippen LogP contribution in [0.1, 0.15) is 5.69 Å². The molecular formula is C12H13N3O2. The first-order valence-electron chi connectivity index (χ1n) is 5.14. The quantitative estimate of drug-likeness (QED) is 0.832.